The number of carbonyl (C=O) groups is 1. The molecule has 2 aromatic rings. The van der Waals surface area contributed by atoms with Crippen LogP contribution in [-0.4, -0.2) is 39.8 Å². The number of aromatic nitrogens is 2. The van der Waals surface area contributed by atoms with Gasteiger partial charge in [0, 0.05) is 19.0 Å². The normalized spacial score (nSPS) is 19.2. The van der Waals surface area contributed by atoms with Crippen LogP contribution in [0.5, 0.6) is 0 Å². The van der Waals surface area contributed by atoms with E-state index in [1.165, 1.54) is 0 Å². The summed E-state index contributed by atoms with van der Waals surface area (Å²) in [5, 5.41) is 5.78. The Hall–Kier alpha value is -1.88. The molecule has 1 fully saturated rings. The van der Waals surface area contributed by atoms with Gasteiger partial charge in [-0.25, -0.2) is 0 Å². The molecule has 0 saturated carbocycles. The van der Waals surface area contributed by atoms with Crippen LogP contribution in [0.4, 0.5) is 0 Å². The summed E-state index contributed by atoms with van der Waals surface area (Å²) in [5.74, 6) is -0.102. The van der Waals surface area contributed by atoms with Crippen molar-refractivity contribution in [1.29, 1.82) is 0 Å². The molecule has 3 rings (SSSR count). The summed E-state index contributed by atoms with van der Waals surface area (Å²) >= 11 is 0. The van der Waals surface area contributed by atoms with Crippen LogP contribution in [0, 0.1) is 0 Å². The Morgan fingerprint density at radius 2 is 2.24 bits per heavy atom. The number of para-hydroxylation sites is 1. The molecule has 5 nitrogen and oxygen atoms in total. The zero-order chi connectivity index (χ0) is 14.8. The summed E-state index contributed by atoms with van der Waals surface area (Å²) in [6.45, 7) is 3.92. The fourth-order valence-electron chi connectivity index (χ4n) is 3.12. The summed E-state index contributed by atoms with van der Waals surface area (Å²) in [6.07, 6.45) is 1.91. The molecule has 0 N–H and O–H groups in total. The van der Waals surface area contributed by atoms with Gasteiger partial charge in [0.1, 0.15) is 6.04 Å². The topological polar surface area (TPSA) is 47.4 Å². The first-order chi connectivity index (χ1) is 10.2. The highest BCUT2D eigenvalue weighted by Gasteiger charge is 2.32. The molecule has 1 atom stereocenters. The van der Waals surface area contributed by atoms with Gasteiger partial charge in [-0.15, -0.1) is 0 Å². The van der Waals surface area contributed by atoms with Crippen LogP contribution < -0.4 is 0 Å². The number of esters is 1. The highest BCUT2D eigenvalue weighted by Crippen LogP contribution is 2.24. The third kappa shape index (κ3) is 2.65. The fourth-order valence-corrected chi connectivity index (χ4v) is 3.12. The van der Waals surface area contributed by atoms with Crippen LogP contribution in [0.1, 0.15) is 25.5 Å². The van der Waals surface area contributed by atoms with Gasteiger partial charge in [0.15, 0.2) is 0 Å². The Morgan fingerprint density at radius 1 is 1.43 bits per heavy atom. The van der Waals surface area contributed by atoms with Gasteiger partial charge < -0.3 is 4.74 Å². The van der Waals surface area contributed by atoms with Gasteiger partial charge in [-0.3, -0.25) is 14.4 Å². The molecule has 1 saturated heterocycles. The van der Waals surface area contributed by atoms with Gasteiger partial charge in [0.05, 0.1) is 17.8 Å². The SMILES string of the molecule is CCOC(=O)C1CCCN1Cc1nn(C)c2ccccc12. The van der Waals surface area contributed by atoms with Gasteiger partial charge in [-0.2, -0.15) is 5.10 Å². The molecule has 0 aliphatic carbocycles. The van der Waals surface area contributed by atoms with E-state index in [-0.39, 0.29) is 12.0 Å². The number of benzene rings is 1. The molecule has 0 radical (unpaired) electrons. The smallest absolute Gasteiger partial charge is 0.323 e. The Bertz CT molecular complexity index is 650. The van der Waals surface area contributed by atoms with Crippen molar-refractivity contribution in [2.24, 2.45) is 7.05 Å². The molecular formula is C16H21N3O2. The second kappa shape index (κ2) is 5.85. The highest BCUT2D eigenvalue weighted by atomic mass is 16.5. The van der Waals surface area contributed by atoms with Gasteiger partial charge in [0.25, 0.3) is 0 Å². The van der Waals surface area contributed by atoms with Crippen LogP contribution >= 0.6 is 0 Å². The third-order valence-corrected chi connectivity index (χ3v) is 4.11. The van der Waals surface area contributed by atoms with E-state index in [0.29, 0.717) is 13.2 Å². The first-order valence-electron chi connectivity index (χ1n) is 7.52. The number of carbonyl (C=O) groups excluding carboxylic acids is 1. The summed E-state index contributed by atoms with van der Waals surface area (Å²) in [5.41, 5.74) is 2.16. The second-order valence-electron chi connectivity index (χ2n) is 5.47. The lowest BCUT2D eigenvalue weighted by Gasteiger charge is -2.21. The maximum Gasteiger partial charge on any atom is 0.323 e. The van der Waals surface area contributed by atoms with Gasteiger partial charge in [-0.1, -0.05) is 18.2 Å². The molecule has 1 aliphatic heterocycles. The Kier molecular flexibility index (Phi) is 3.92. The molecular weight excluding hydrogens is 266 g/mol. The predicted molar refractivity (Wildman–Crippen MR) is 80.8 cm³/mol. The predicted octanol–water partition coefficient (Wildman–Crippen LogP) is 2.10. The second-order valence-corrected chi connectivity index (χ2v) is 5.47. The zero-order valence-electron chi connectivity index (χ0n) is 12.6. The lowest BCUT2D eigenvalue weighted by Crippen LogP contribution is -2.37. The van der Waals surface area contributed by atoms with Gasteiger partial charge in [-0.05, 0) is 32.4 Å². The van der Waals surface area contributed by atoms with E-state index in [9.17, 15) is 4.79 Å². The number of likely N-dealkylation sites (tertiary alicyclic amines) is 1. The molecule has 2 heterocycles. The quantitative estimate of drug-likeness (QED) is 0.808. The van der Waals surface area contributed by atoms with E-state index >= 15 is 0 Å². The number of fused-ring (bicyclic) bond motifs is 1. The minimum absolute atomic E-state index is 0.102. The summed E-state index contributed by atoms with van der Waals surface area (Å²) < 4.78 is 7.08. The van der Waals surface area contributed by atoms with E-state index < -0.39 is 0 Å². The van der Waals surface area contributed by atoms with Crippen LogP contribution in [-0.2, 0) is 23.1 Å². The van der Waals surface area contributed by atoms with E-state index in [1.807, 2.05) is 30.8 Å². The molecule has 0 amide bonds. The number of ether oxygens (including phenoxy) is 1. The first-order valence-corrected chi connectivity index (χ1v) is 7.52. The van der Waals surface area contributed by atoms with Gasteiger partial charge >= 0.3 is 5.97 Å². The Labute approximate surface area is 124 Å². The first kappa shape index (κ1) is 14.1. The molecule has 0 spiro atoms. The molecule has 1 aliphatic rings. The summed E-state index contributed by atoms with van der Waals surface area (Å²) in [7, 11) is 1.96. The number of nitrogens with zero attached hydrogens (tertiary/aromatic N) is 3. The fraction of sp³-hybridized carbons (Fsp3) is 0.500. The van der Waals surface area contributed by atoms with E-state index in [2.05, 4.69) is 22.1 Å². The van der Waals surface area contributed by atoms with Crippen molar-refractivity contribution in [3.63, 3.8) is 0 Å². The number of hydrogen-bond donors (Lipinski definition) is 0. The van der Waals surface area contributed by atoms with Crippen molar-refractivity contribution in [3.05, 3.63) is 30.0 Å². The number of rotatable bonds is 4. The van der Waals surface area contributed by atoms with Crippen LogP contribution in [0.15, 0.2) is 24.3 Å². The third-order valence-electron chi connectivity index (χ3n) is 4.11. The Balaban J connectivity index is 1.83. The highest BCUT2D eigenvalue weighted by molar-refractivity contribution is 5.82. The standard InChI is InChI=1S/C16H21N3O2/c1-3-21-16(20)15-9-6-10-19(15)11-13-12-7-4-5-8-14(12)18(2)17-13/h4-5,7-8,15H,3,6,9-11H2,1-2H3. The van der Waals surface area contributed by atoms with Crippen molar-refractivity contribution in [2.75, 3.05) is 13.2 Å². The molecule has 5 heteroatoms. The van der Waals surface area contributed by atoms with E-state index in [1.54, 1.807) is 0 Å². The van der Waals surface area contributed by atoms with Gasteiger partial charge in [0.2, 0.25) is 0 Å². The van der Waals surface area contributed by atoms with Crippen LogP contribution in [0.25, 0.3) is 10.9 Å². The van der Waals surface area contributed by atoms with E-state index in [0.717, 1.165) is 36.0 Å². The van der Waals surface area contributed by atoms with Crippen molar-refractivity contribution < 1.29 is 9.53 Å². The van der Waals surface area contributed by atoms with Crippen molar-refractivity contribution in [1.82, 2.24) is 14.7 Å². The summed E-state index contributed by atoms with van der Waals surface area (Å²) in [6, 6.07) is 8.09. The largest absolute Gasteiger partial charge is 0.465 e. The van der Waals surface area contributed by atoms with Crippen molar-refractivity contribution in [2.45, 2.75) is 32.4 Å². The lowest BCUT2D eigenvalue weighted by atomic mass is 10.2. The van der Waals surface area contributed by atoms with Crippen LogP contribution in [0.2, 0.25) is 0 Å². The van der Waals surface area contributed by atoms with Crippen molar-refractivity contribution in [3.8, 4) is 0 Å². The maximum atomic E-state index is 12.0. The van der Waals surface area contributed by atoms with E-state index in [4.69, 9.17) is 4.74 Å². The minimum Gasteiger partial charge on any atom is -0.465 e. The van der Waals surface area contributed by atoms with Crippen LogP contribution in [0.3, 0.4) is 0 Å². The average molecular weight is 287 g/mol. The molecule has 21 heavy (non-hydrogen) atoms. The Morgan fingerprint density at radius 3 is 3.05 bits per heavy atom. The van der Waals surface area contributed by atoms with Crippen molar-refractivity contribution >= 4 is 16.9 Å². The number of aryl methyl sites for hydroxylation is 1. The molecule has 112 valence electrons. The average Bonchev–Trinajstić information content (AvgIpc) is 3.06. The summed E-state index contributed by atoms with van der Waals surface area (Å²) in [4.78, 5) is 14.2. The molecule has 1 aromatic heterocycles. The number of hydrogen-bond acceptors (Lipinski definition) is 4. The zero-order valence-corrected chi connectivity index (χ0v) is 12.6. The molecule has 0 bridgehead atoms. The molecule has 1 aromatic carbocycles. The lowest BCUT2D eigenvalue weighted by molar-refractivity contribution is -0.148. The monoisotopic (exact) mass is 287 g/mol. The minimum atomic E-state index is -0.120. The molecule has 1 unspecified atom stereocenters. The maximum absolute atomic E-state index is 12.0.